The van der Waals surface area contributed by atoms with Crippen LogP contribution < -0.4 is 5.32 Å². The molecular formula is C18H28N2. The van der Waals surface area contributed by atoms with E-state index < -0.39 is 0 Å². The molecule has 0 saturated heterocycles. The van der Waals surface area contributed by atoms with Gasteiger partial charge >= 0.3 is 0 Å². The number of hydrogen-bond acceptors (Lipinski definition) is 2. The number of benzene rings is 1. The molecule has 0 unspecified atom stereocenters. The van der Waals surface area contributed by atoms with Gasteiger partial charge in [0.1, 0.15) is 0 Å². The lowest BCUT2D eigenvalue weighted by atomic mass is 10.1. The smallest absolute Gasteiger partial charge is 0.0237 e. The van der Waals surface area contributed by atoms with Gasteiger partial charge < -0.3 is 5.32 Å². The molecule has 0 atom stereocenters. The topological polar surface area (TPSA) is 15.3 Å². The molecular weight excluding hydrogens is 244 g/mol. The Bertz CT molecular complexity index is 420. The summed E-state index contributed by atoms with van der Waals surface area (Å²) >= 11 is 0. The van der Waals surface area contributed by atoms with Crippen molar-refractivity contribution in [3.05, 3.63) is 47.0 Å². The third kappa shape index (κ3) is 5.10. The van der Waals surface area contributed by atoms with Gasteiger partial charge in [-0.3, -0.25) is 4.90 Å². The Morgan fingerprint density at radius 2 is 1.85 bits per heavy atom. The molecule has 0 radical (unpaired) electrons. The monoisotopic (exact) mass is 272 g/mol. The Labute approximate surface area is 123 Å². The van der Waals surface area contributed by atoms with Crippen LogP contribution in [0.15, 0.2) is 35.9 Å². The SMILES string of the molecule is CCCNCCc1ccc(CN2CC=C(C)CC2)cc1. The van der Waals surface area contributed by atoms with E-state index in [0.29, 0.717) is 0 Å². The lowest BCUT2D eigenvalue weighted by molar-refractivity contribution is 0.286. The molecule has 20 heavy (non-hydrogen) atoms. The van der Waals surface area contributed by atoms with E-state index in [9.17, 15) is 0 Å². The van der Waals surface area contributed by atoms with Gasteiger partial charge in [-0.2, -0.15) is 0 Å². The second kappa shape index (κ2) is 8.23. The summed E-state index contributed by atoms with van der Waals surface area (Å²) in [7, 11) is 0. The van der Waals surface area contributed by atoms with Gasteiger partial charge in [0.05, 0.1) is 0 Å². The van der Waals surface area contributed by atoms with Crippen LogP contribution in [-0.4, -0.2) is 31.1 Å². The van der Waals surface area contributed by atoms with Crippen LogP contribution in [0.1, 0.15) is 37.8 Å². The van der Waals surface area contributed by atoms with Crippen molar-refractivity contribution in [2.24, 2.45) is 0 Å². The van der Waals surface area contributed by atoms with Crippen molar-refractivity contribution in [2.75, 3.05) is 26.2 Å². The average molecular weight is 272 g/mol. The molecule has 1 aliphatic rings. The van der Waals surface area contributed by atoms with Crippen LogP contribution in [0.5, 0.6) is 0 Å². The highest BCUT2D eigenvalue weighted by Gasteiger charge is 2.09. The van der Waals surface area contributed by atoms with E-state index >= 15 is 0 Å². The molecule has 0 bridgehead atoms. The molecule has 2 heteroatoms. The summed E-state index contributed by atoms with van der Waals surface area (Å²) in [6.45, 7) is 10.0. The highest BCUT2D eigenvalue weighted by molar-refractivity contribution is 5.23. The molecule has 0 fully saturated rings. The van der Waals surface area contributed by atoms with Crippen LogP contribution in [0.3, 0.4) is 0 Å². The van der Waals surface area contributed by atoms with E-state index in [1.807, 2.05) is 0 Å². The number of nitrogens with zero attached hydrogens (tertiary/aromatic N) is 1. The molecule has 1 aromatic rings. The lowest BCUT2D eigenvalue weighted by Gasteiger charge is -2.25. The molecule has 0 aliphatic carbocycles. The normalized spacial score (nSPS) is 16.2. The number of nitrogens with one attached hydrogen (secondary N) is 1. The third-order valence-corrected chi connectivity index (χ3v) is 3.97. The minimum absolute atomic E-state index is 1.08. The van der Waals surface area contributed by atoms with Crippen molar-refractivity contribution < 1.29 is 0 Å². The first-order valence-electron chi connectivity index (χ1n) is 7.94. The summed E-state index contributed by atoms with van der Waals surface area (Å²) < 4.78 is 0. The Morgan fingerprint density at radius 1 is 1.10 bits per heavy atom. The van der Waals surface area contributed by atoms with Crippen molar-refractivity contribution in [3.63, 3.8) is 0 Å². The Hall–Kier alpha value is -1.12. The molecule has 1 N–H and O–H groups in total. The summed E-state index contributed by atoms with van der Waals surface area (Å²) in [5.41, 5.74) is 4.41. The van der Waals surface area contributed by atoms with Crippen molar-refractivity contribution >= 4 is 0 Å². The van der Waals surface area contributed by atoms with E-state index in [1.165, 1.54) is 36.1 Å². The van der Waals surface area contributed by atoms with Gasteiger partial charge in [0.25, 0.3) is 0 Å². The second-order valence-electron chi connectivity index (χ2n) is 5.85. The van der Waals surface area contributed by atoms with Crippen LogP contribution in [-0.2, 0) is 13.0 Å². The summed E-state index contributed by atoms with van der Waals surface area (Å²) in [6.07, 6.45) is 5.92. The van der Waals surface area contributed by atoms with E-state index in [1.54, 1.807) is 0 Å². The molecule has 1 aliphatic heterocycles. The summed E-state index contributed by atoms with van der Waals surface area (Å²) in [4.78, 5) is 2.52. The van der Waals surface area contributed by atoms with Gasteiger partial charge in [-0.15, -0.1) is 0 Å². The lowest BCUT2D eigenvalue weighted by Crippen LogP contribution is -2.27. The highest BCUT2D eigenvalue weighted by Crippen LogP contribution is 2.13. The van der Waals surface area contributed by atoms with Crippen molar-refractivity contribution in [3.8, 4) is 0 Å². The maximum absolute atomic E-state index is 3.45. The second-order valence-corrected chi connectivity index (χ2v) is 5.85. The van der Waals surface area contributed by atoms with E-state index in [0.717, 1.165) is 32.6 Å². The molecule has 0 amide bonds. The zero-order valence-corrected chi connectivity index (χ0v) is 13.0. The van der Waals surface area contributed by atoms with Crippen molar-refractivity contribution in [1.82, 2.24) is 10.2 Å². The maximum Gasteiger partial charge on any atom is 0.0237 e. The molecule has 2 nitrogen and oxygen atoms in total. The number of hydrogen-bond donors (Lipinski definition) is 1. The zero-order valence-electron chi connectivity index (χ0n) is 13.0. The first-order valence-corrected chi connectivity index (χ1v) is 7.94. The van der Waals surface area contributed by atoms with Crippen LogP contribution in [0.2, 0.25) is 0 Å². The van der Waals surface area contributed by atoms with Crippen molar-refractivity contribution in [2.45, 2.75) is 39.7 Å². The van der Waals surface area contributed by atoms with Crippen LogP contribution in [0.25, 0.3) is 0 Å². The largest absolute Gasteiger partial charge is 0.316 e. The predicted octanol–water partition coefficient (Wildman–Crippen LogP) is 3.38. The first-order chi connectivity index (χ1) is 9.78. The molecule has 1 aromatic carbocycles. The summed E-state index contributed by atoms with van der Waals surface area (Å²) in [6, 6.07) is 9.16. The average Bonchev–Trinajstić information content (AvgIpc) is 2.48. The van der Waals surface area contributed by atoms with E-state index in [4.69, 9.17) is 0 Å². The predicted molar refractivity (Wildman–Crippen MR) is 87.0 cm³/mol. The first kappa shape index (κ1) is 15.3. The fraction of sp³-hybridized carbons (Fsp3) is 0.556. The molecule has 0 saturated carbocycles. The van der Waals surface area contributed by atoms with Crippen LogP contribution in [0, 0.1) is 0 Å². The van der Waals surface area contributed by atoms with Crippen LogP contribution in [0.4, 0.5) is 0 Å². The van der Waals surface area contributed by atoms with Gasteiger partial charge in [0.2, 0.25) is 0 Å². The summed E-state index contributed by atoms with van der Waals surface area (Å²) in [5, 5.41) is 3.45. The highest BCUT2D eigenvalue weighted by atomic mass is 15.1. The maximum atomic E-state index is 3.45. The fourth-order valence-corrected chi connectivity index (χ4v) is 2.56. The van der Waals surface area contributed by atoms with E-state index in [-0.39, 0.29) is 0 Å². The van der Waals surface area contributed by atoms with E-state index in [2.05, 4.69) is 54.4 Å². The third-order valence-electron chi connectivity index (χ3n) is 3.97. The molecule has 0 spiro atoms. The minimum Gasteiger partial charge on any atom is -0.316 e. The zero-order chi connectivity index (χ0) is 14.2. The quantitative estimate of drug-likeness (QED) is 0.604. The van der Waals surface area contributed by atoms with Gasteiger partial charge in [0.15, 0.2) is 0 Å². The summed E-state index contributed by atoms with van der Waals surface area (Å²) in [5.74, 6) is 0. The van der Waals surface area contributed by atoms with Crippen LogP contribution >= 0.6 is 0 Å². The van der Waals surface area contributed by atoms with Gasteiger partial charge in [-0.25, -0.2) is 0 Å². The van der Waals surface area contributed by atoms with Gasteiger partial charge in [-0.1, -0.05) is 42.8 Å². The Morgan fingerprint density at radius 3 is 2.50 bits per heavy atom. The standard InChI is InChI=1S/C18H28N2/c1-3-11-19-12-8-17-4-6-18(7-5-17)15-20-13-9-16(2)10-14-20/h4-7,9,19H,3,8,10-15H2,1-2H3. The van der Waals surface area contributed by atoms with Crippen molar-refractivity contribution in [1.29, 1.82) is 0 Å². The minimum atomic E-state index is 1.08. The Balaban J connectivity index is 1.76. The number of rotatable bonds is 7. The molecule has 110 valence electrons. The Kier molecular flexibility index (Phi) is 6.28. The molecule has 0 aromatic heterocycles. The fourth-order valence-electron chi connectivity index (χ4n) is 2.56. The van der Waals surface area contributed by atoms with Gasteiger partial charge in [0, 0.05) is 19.6 Å². The van der Waals surface area contributed by atoms with Gasteiger partial charge in [-0.05, 0) is 50.4 Å². The molecule has 2 rings (SSSR count). The molecule has 1 heterocycles.